The predicted octanol–water partition coefficient (Wildman–Crippen LogP) is -5.30. The average molecular weight is 975 g/mol. The molecule has 8 atom stereocenters. The summed E-state index contributed by atoms with van der Waals surface area (Å²) in [6.45, 7) is -0.842. The average Bonchev–Trinajstić information content (AvgIpc) is 4.00. The first-order valence-electron chi connectivity index (χ1n) is 22.2. The van der Waals surface area contributed by atoms with E-state index in [4.69, 9.17) is 22.9 Å². The number of carboxylic acid groups (broad SMARTS) is 3. The Morgan fingerprint density at radius 2 is 1.16 bits per heavy atom. The lowest BCUT2D eigenvalue weighted by molar-refractivity contribution is -0.150. The molecule has 1 aromatic carbocycles. The summed E-state index contributed by atoms with van der Waals surface area (Å²) in [5.74, 6) is -12.0. The van der Waals surface area contributed by atoms with Gasteiger partial charge in [0.1, 0.15) is 48.3 Å². The lowest BCUT2D eigenvalue weighted by Crippen LogP contribution is -2.60. The Kier molecular flexibility index (Phi) is 22.2. The van der Waals surface area contributed by atoms with Gasteiger partial charge in [-0.2, -0.15) is 0 Å². The molecule has 2 saturated heterocycles. The highest BCUT2D eigenvalue weighted by Crippen LogP contribution is 2.22. The van der Waals surface area contributed by atoms with Crippen LogP contribution in [0.1, 0.15) is 76.2 Å². The second-order valence-electron chi connectivity index (χ2n) is 16.5. The summed E-state index contributed by atoms with van der Waals surface area (Å²) in [5, 5.41) is 50.1. The molecule has 0 unspecified atom stereocenters. The number of hydrogen-bond acceptors (Lipinski definition) is 14. The molecule has 380 valence electrons. The van der Waals surface area contributed by atoms with Crippen molar-refractivity contribution in [1.82, 2.24) is 36.4 Å². The lowest BCUT2D eigenvalue weighted by Gasteiger charge is -2.31. The largest absolute Gasteiger partial charge is 0.481 e. The minimum atomic E-state index is -1.75. The first-order chi connectivity index (χ1) is 32.6. The number of guanidine groups is 1. The predicted molar refractivity (Wildman–Crippen MR) is 239 cm³/mol. The van der Waals surface area contributed by atoms with Gasteiger partial charge in [-0.15, -0.1) is 0 Å². The number of hydrogen-bond donors (Lipinski definition) is 13. The summed E-state index contributed by atoms with van der Waals surface area (Å²) in [6, 6.07) is -3.67. The van der Waals surface area contributed by atoms with Crippen LogP contribution in [0.3, 0.4) is 0 Å². The van der Waals surface area contributed by atoms with Gasteiger partial charge in [0.15, 0.2) is 5.96 Å². The van der Waals surface area contributed by atoms with Crippen molar-refractivity contribution in [2.75, 3.05) is 26.2 Å². The fourth-order valence-electron chi connectivity index (χ4n) is 7.72. The standard InChI is InChI=1S/C42H62N12O15/c43-23(21-55)34(61)48-25(13-15-32(57)58)35(62)50-26(9-4-16-47-42(45)46)39(66)53-17-5-10-29(53)38(65)49-24(12-14-31(44)56)36(63)51-27(19-22-7-2-1-3-8-22)37(64)52-28(20-33(59)60)40(67)54-18-6-11-30(54)41(68)69/h1-3,7-8,23-30,55H,4-6,9-21,43H2,(H2,44,56)(H,48,61)(H,49,65)(H,50,62)(H,51,63)(H,52,64)(H,57,58)(H,59,60)(H,68,69)(H4,45,46,47)/t23-,24-,25-,26-,27-,28-,29-,30-/m0/s1. The molecular formula is C42H62N12O15. The van der Waals surface area contributed by atoms with E-state index < -0.39 is 152 Å². The normalized spacial score (nSPS) is 17.9. The number of carbonyl (C=O) groups excluding carboxylic acids is 8. The van der Waals surface area contributed by atoms with Gasteiger partial charge in [-0.25, -0.2) is 4.79 Å². The highest BCUT2D eigenvalue weighted by molar-refractivity contribution is 5.98. The van der Waals surface area contributed by atoms with Crippen molar-refractivity contribution in [3.63, 3.8) is 0 Å². The molecule has 2 aliphatic heterocycles. The number of carboxylic acids is 3. The highest BCUT2D eigenvalue weighted by Gasteiger charge is 2.42. The second kappa shape index (κ2) is 27.4. The number of aliphatic hydroxyl groups is 1. The Labute approximate surface area is 395 Å². The summed E-state index contributed by atoms with van der Waals surface area (Å²) in [7, 11) is 0. The van der Waals surface area contributed by atoms with Crippen LogP contribution >= 0.6 is 0 Å². The molecule has 0 saturated carbocycles. The molecule has 0 spiro atoms. The summed E-state index contributed by atoms with van der Waals surface area (Å²) in [5.41, 5.74) is 22.3. The highest BCUT2D eigenvalue weighted by atomic mass is 16.4. The molecular weight excluding hydrogens is 913 g/mol. The molecule has 2 aliphatic rings. The van der Waals surface area contributed by atoms with Crippen molar-refractivity contribution in [1.29, 1.82) is 0 Å². The molecule has 17 N–H and O–H groups in total. The van der Waals surface area contributed by atoms with E-state index in [2.05, 4.69) is 31.6 Å². The number of primary amides is 1. The molecule has 1 aromatic rings. The quantitative estimate of drug-likeness (QED) is 0.0212. The summed E-state index contributed by atoms with van der Waals surface area (Å²) in [4.78, 5) is 149. The third-order valence-corrected chi connectivity index (χ3v) is 11.3. The summed E-state index contributed by atoms with van der Waals surface area (Å²) >= 11 is 0. The minimum Gasteiger partial charge on any atom is -0.481 e. The Hall–Kier alpha value is -7.42. The Bertz CT molecular complexity index is 2070. The number of nitrogens with zero attached hydrogens (tertiary/aromatic N) is 3. The van der Waals surface area contributed by atoms with Gasteiger partial charge >= 0.3 is 17.9 Å². The third kappa shape index (κ3) is 18.0. The van der Waals surface area contributed by atoms with E-state index in [0.717, 1.165) is 9.80 Å². The van der Waals surface area contributed by atoms with Crippen molar-refractivity contribution in [3.05, 3.63) is 35.9 Å². The van der Waals surface area contributed by atoms with E-state index in [9.17, 15) is 73.2 Å². The van der Waals surface area contributed by atoms with Crippen LogP contribution in [0.5, 0.6) is 0 Å². The Morgan fingerprint density at radius 1 is 0.638 bits per heavy atom. The zero-order valence-corrected chi connectivity index (χ0v) is 37.7. The number of likely N-dealkylation sites (tertiary alicyclic amines) is 2. The maximum absolute atomic E-state index is 14.3. The molecule has 0 bridgehead atoms. The topological polar surface area (TPSA) is 452 Å². The van der Waals surface area contributed by atoms with Gasteiger partial charge < -0.3 is 79.7 Å². The van der Waals surface area contributed by atoms with E-state index in [1.807, 2.05) is 0 Å². The number of nitrogens with two attached hydrogens (primary N) is 4. The molecule has 0 aliphatic carbocycles. The van der Waals surface area contributed by atoms with Crippen LogP contribution in [-0.2, 0) is 59.2 Å². The molecule has 2 heterocycles. The number of amides is 8. The molecule has 2 fully saturated rings. The second-order valence-corrected chi connectivity index (χ2v) is 16.5. The lowest BCUT2D eigenvalue weighted by atomic mass is 10.0. The summed E-state index contributed by atoms with van der Waals surface area (Å²) < 4.78 is 0. The maximum Gasteiger partial charge on any atom is 0.326 e. The van der Waals surface area contributed by atoms with Crippen LogP contribution in [0, 0.1) is 0 Å². The van der Waals surface area contributed by atoms with E-state index in [1.165, 1.54) is 0 Å². The van der Waals surface area contributed by atoms with Gasteiger partial charge in [0.2, 0.25) is 47.3 Å². The maximum atomic E-state index is 14.3. The SMILES string of the molecule is NC(=O)CC[C@H](NC(=O)[C@@H]1CCCN1C(=O)[C@H](CCCN=C(N)N)NC(=O)[C@H](CCC(=O)O)NC(=O)[C@@H](N)CO)C(=O)N[C@@H](Cc1ccccc1)C(=O)N[C@@H](CC(=O)O)C(=O)N1CCC[C@H]1C(=O)O. The van der Waals surface area contributed by atoms with Crippen LogP contribution < -0.4 is 49.5 Å². The molecule has 27 heteroatoms. The summed E-state index contributed by atoms with van der Waals surface area (Å²) in [6.07, 6.45) is -2.39. The fraction of sp³-hybridized carbons (Fsp3) is 0.571. The number of aliphatic hydroxyl groups excluding tert-OH is 1. The molecule has 27 nitrogen and oxygen atoms in total. The number of rotatable bonds is 28. The van der Waals surface area contributed by atoms with Gasteiger partial charge in [0.05, 0.1) is 13.0 Å². The molecule has 0 aromatic heterocycles. The van der Waals surface area contributed by atoms with Gasteiger partial charge in [0.25, 0.3) is 0 Å². The molecule has 69 heavy (non-hydrogen) atoms. The first-order valence-corrected chi connectivity index (χ1v) is 22.2. The monoisotopic (exact) mass is 974 g/mol. The van der Waals surface area contributed by atoms with Gasteiger partial charge in [-0.05, 0) is 56.9 Å². The third-order valence-electron chi connectivity index (χ3n) is 11.3. The van der Waals surface area contributed by atoms with Crippen molar-refractivity contribution in [2.45, 2.75) is 125 Å². The van der Waals surface area contributed by atoms with Gasteiger partial charge in [-0.3, -0.25) is 52.9 Å². The number of benzene rings is 1. The van der Waals surface area contributed by atoms with Gasteiger partial charge in [0, 0.05) is 38.9 Å². The Balaban J connectivity index is 1.91. The molecule has 0 radical (unpaired) electrons. The molecule has 3 rings (SSSR count). The van der Waals surface area contributed by atoms with Crippen molar-refractivity contribution in [2.24, 2.45) is 27.9 Å². The van der Waals surface area contributed by atoms with Crippen LogP contribution in [0.25, 0.3) is 0 Å². The zero-order valence-electron chi connectivity index (χ0n) is 37.7. The smallest absolute Gasteiger partial charge is 0.326 e. The van der Waals surface area contributed by atoms with Crippen LogP contribution in [0.2, 0.25) is 0 Å². The zero-order chi connectivity index (χ0) is 51.4. The molecule has 8 amide bonds. The van der Waals surface area contributed by atoms with E-state index in [1.54, 1.807) is 30.3 Å². The number of carbonyl (C=O) groups is 11. The van der Waals surface area contributed by atoms with Gasteiger partial charge in [-0.1, -0.05) is 30.3 Å². The minimum absolute atomic E-state index is 0.00344. The van der Waals surface area contributed by atoms with Crippen LogP contribution in [0.4, 0.5) is 0 Å². The van der Waals surface area contributed by atoms with Crippen LogP contribution in [-0.4, -0.2) is 176 Å². The fourth-order valence-corrected chi connectivity index (χ4v) is 7.72. The number of aliphatic carboxylic acids is 3. The van der Waals surface area contributed by atoms with E-state index in [-0.39, 0.29) is 64.1 Å². The van der Waals surface area contributed by atoms with E-state index in [0.29, 0.717) is 12.0 Å². The van der Waals surface area contributed by atoms with E-state index >= 15 is 0 Å². The van der Waals surface area contributed by atoms with Crippen molar-refractivity contribution >= 4 is 71.1 Å². The number of nitrogens with one attached hydrogen (secondary N) is 5. The van der Waals surface area contributed by atoms with Crippen LogP contribution in [0.15, 0.2) is 35.3 Å². The first kappa shape index (κ1) is 55.9. The van der Waals surface area contributed by atoms with Crippen molar-refractivity contribution in [3.8, 4) is 0 Å². The van der Waals surface area contributed by atoms with Crippen molar-refractivity contribution < 1.29 is 73.2 Å². The number of aliphatic imine (C=N–C) groups is 1. The Morgan fingerprint density at radius 3 is 1.72 bits per heavy atom.